The molecular weight excluding hydrogens is 244 g/mol. The minimum atomic E-state index is 0.192. The monoisotopic (exact) mass is 266 g/mol. The van der Waals surface area contributed by atoms with E-state index in [1.54, 1.807) is 11.3 Å². The number of hydrogen-bond acceptors (Lipinski definition) is 3. The van der Waals surface area contributed by atoms with E-state index in [1.165, 1.54) is 4.88 Å². The minimum Gasteiger partial charge on any atom is -0.342 e. The quantitative estimate of drug-likeness (QED) is 0.908. The van der Waals surface area contributed by atoms with Gasteiger partial charge in [0.05, 0.1) is 0 Å². The SMILES string of the molecule is C[C@@H](N)[C@@H]1CCCN(C(=O)CCc2cccs2)C1. The van der Waals surface area contributed by atoms with Crippen LogP contribution in [0.25, 0.3) is 0 Å². The Kier molecular flexibility index (Phi) is 4.78. The summed E-state index contributed by atoms with van der Waals surface area (Å²) in [5.41, 5.74) is 5.94. The van der Waals surface area contributed by atoms with Crippen LogP contribution in [0.15, 0.2) is 17.5 Å². The number of hydrogen-bond donors (Lipinski definition) is 1. The van der Waals surface area contributed by atoms with Gasteiger partial charge in [-0.25, -0.2) is 0 Å². The van der Waals surface area contributed by atoms with Gasteiger partial charge in [0.1, 0.15) is 0 Å². The summed E-state index contributed by atoms with van der Waals surface area (Å²) in [7, 11) is 0. The van der Waals surface area contributed by atoms with Crippen molar-refractivity contribution in [2.75, 3.05) is 13.1 Å². The van der Waals surface area contributed by atoms with Gasteiger partial charge in [0.25, 0.3) is 0 Å². The van der Waals surface area contributed by atoms with Crippen LogP contribution in [0.1, 0.15) is 31.1 Å². The molecule has 1 aromatic heterocycles. The molecule has 0 saturated carbocycles. The zero-order chi connectivity index (χ0) is 13.0. The van der Waals surface area contributed by atoms with E-state index in [-0.39, 0.29) is 11.9 Å². The molecule has 1 aliphatic rings. The molecule has 0 unspecified atom stereocenters. The lowest BCUT2D eigenvalue weighted by atomic mass is 9.92. The van der Waals surface area contributed by atoms with Gasteiger partial charge < -0.3 is 10.6 Å². The molecule has 18 heavy (non-hydrogen) atoms. The van der Waals surface area contributed by atoms with Gasteiger partial charge in [0, 0.05) is 30.4 Å². The van der Waals surface area contributed by atoms with Crippen LogP contribution in [0.4, 0.5) is 0 Å². The van der Waals surface area contributed by atoms with Crippen LogP contribution in [0.5, 0.6) is 0 Å². The maximum atomic E-state index is 12.2. The van der Waals surface area contributed by atoms with Crippen molar-refractivity contribution in [2.45, 2.75) is 38.6 Å². The van der Waals surface area contributed by atoms with Crippen molar-refractivity contribution in [1.82, 2.24) is 4.90 Å². The number of nitrogens with zero attached hydrogens (tertiary/aromatic N) is 1. The molecule has 0 aliphatic carbocycles. The molecule has 0 aromatic carbocycles. The van der Waals surface area contributed by atoms with Crippen LogP contribution in [0, 0.1) is 5.92 Å². The Balaban J connectivity index is 1.81. The number of thiophene rings is 1. The molecule has 3 nitrogen and oxygen atoms in total. The Bertz CT molecular complexity index is 375. The third kappa shape index (κ3) is 3.56. The summed E-state index contributed by atoms with van der Waals surface area (Å²) in [4.78, 5) is 15.5. The summed E-state index contributed by atoms with van der Waals surface area (Å²) in [5, 5.41) is 2.06. The second-order valence-electron chi connectivity index (χ2n) is 5.18. The average Bonchev–Trinajstić information content (AvgIpc) is 2.89. The molecule has 100 valence electrons. The molecule has 0 bridgehead atoms. The standard InChI is InChI=1S/C14H22N2OS/c1-11(15)12-4-2-8-16(10-12)14(17)7-6-13-5-3-9-18-13/h3,5,9,11-12H,2,4,6-8,10,15H2,1H3/t11-,12-/m1/s1. The molecule has 1 saturated heterocycles. The van der Waals surface area contributed by atoms with Gasteiger partial charge in [-0.2, -0.15) is 0 Å². The summed E-state index contributed by atoms with van der Waals surface area (Å²) >= 11 is 1.73. The first kappa shape index (κ1) is 13.6. The molecule has 4 heteroatoms. The highest BCUT2D eigenvalue weighted by molar-refractivity contribution is 7.09. The predicted molar refractivity (Wildman–Crippen MR) is 75.6 cm³/mol. The van der Waals surface area contributed by atoms with Gasteiger partial charge in [-0.15, -0.1) is 11.3 Å². The highest BCUT2D eigenvalue weighted by Crippen LogP contribution is 2.20. The fraction of sp³-hybridized carbons (Fsp3) is 0.643. The number of amides is 1. The smallest absolute Gasteiger partial charge is 0.222 e. The van der Waals surface area contributed by atoms with Crippen molar-refractivity contribution in [3.8, 4) is 0 Å². The molecule has 1 aliphatic heterocycles. The number of carbonyl (C=O) groups excluding carboxylic acids is 1. The lowest BCUT2D eigenvalue weighted by molar-refractivity contribution is -0.133. The number of likely N-dealkylation sites (tertiary alicyclic amines) is 1. The van der Waals surface area contributed by atoms with E-state index in [1.807, 2.05) is 17.9 Å². The molecule has 2 atom stereocenters. The number of carbonyl (C=O) groups is 1. The van der Waals surface area contributed by atoms with E-state index < -0.39 is 0 Å². The van der Waals surface area contributed by atoms with E-state index >= 15 is 0 Å². The number of aryl methyl sites for hydroxylation is 1. The first-order valence-electron chi connectivity index (χ1n) is 6.72. The molecule has 1 aromatic rings. The maximum Gasteiger partial charge on any atom is 0.222 e. The fourth-order valence-electron chi connectivity index (χ4n) is 2.51. The van der Waals surface area contributed by atoms with E-state index in [4.69, 9.17) is 5.73 Å². The first-order valence-corrected chi connectivity index (χ1v) is 7.60. The van der Waals surface area contributed by atoms with Crippen LogP contribution >= 0.6 is 11.3 Å². The Morgan fingerprint density at radius 1 is 1.67 bits per heavy atom. The third-order valence-corrected chi connectivity index (χ3v) is 4.66. The van der Waals surface area contributed by atoms with E-state index in [9.17, 15) is 4.79 Å². The van der Waals surface area contributed by atoms with Gasteiger partial charge in [0.15, 0.2) is 0 Å². The number of rotatable bonds is 4. The molecule has 2 heterocycles. The lowest BCUT2D eigenvalue weighted by Gasteiger charge is -2.34. The van der Waals surface area contributed by atoms with Crippen LogP contribution in [0.2, 0.25) is 0 Å². The molecule has 1 fully saturated rings. The van der Waals surface area contributed by atoms with E-state index in [2.05, 4.69) is 11.4 Å². The molecular formula is C14H22N2OS. The Morgan fingerprint density at radius 3 is 3.17 bits per heavy atom. The lowest BCUT2D eigenvalue weighted by Crippen LogP contribution is -2.45. The molecule has 2 rings (SSSR count). The van der Waals surface area contributed by atoms with Crippen molar-refractivity contribution in [3.05, 3.63) is 22.4 Å². The molecule has 0 spiro atoms. The second kappa shape index (κ2) is 6.34. The van der Waals surface area contributed by atoms with Crippen LogP contribution in [-0.4, -0.2) is 29.9 Å². The van der Waals surface area contributed by atoms with Crippen molar-refractivity contribution >= 4 is 17.2 Å². The van der Waals surface area contributed by atoms with Gasteiger partial charge in [-0.3, -0.25) is 4.79 Å². The molecule has 2 N–H and O–H groups in total. The summed E-state index contributed by atoms with van der Waals surface area (Å²) < 4.78 is 0. The summed E-state index contributed by atoms with van der Waals surface area (Å²) in [5.74, 6) is 0.762. The third-order valence-electron chi connectivity index (χ3n) is 3.72. The highest BCUT2D eigenvalue weighted by Gasteiger charge is 2.25. The van der Waals surface area contributed by atoms with Crippen LogP contribution in [0.3, 0.4) is 0 Å². The Labute approximate surface area is 113 Å². The predicted octanol–water partition coefficient (Wildman–Crippen LogP) is 2.27. The fourth-order valence-corrected chi connectivity index (χ4v) is 3.22. The van der Waals surface area contributed by atoms with Crippen molar-refractivity contribution in [1.29, 1.82) is 0 Å². The summed E-state index contributed by atoms with van der Waals surface area (Å²) in [6, 6.07) is 4.33. The molecule has 0 radical (unpaired) electrons. The second-order valence-corrected chi connectivity index (χ2v) is 6.21. The number of nitrogens with two attached hydrogens (primary N) is 1. The Morgan fingerprint density at radius 2 is 2.50 bits per heavy atom. The van der Waals surface area contributed by atoms with E-state index in [0.717, 1.165) is 32.4 Å². The largest absolute Gasteiger partial charge is 0.342 e. The van der Waals surface area contributed by atoms with Gasteiger partial charge in [-0.1, -0.05) is 6.07 Å². The minimum absolute atomic E-state index is 0.192. The zero-order valence-corrected chi connectivity index (χ0v) is 11.8. The summed E-state index contributed by atoms with van der Waals surface area (Å²) in [6.07, 6.45) is 3.76. The van der Waals surface area contributed by atoms with Gasteiger partial charge >= 0.3 is 0 Å². The highest BCUT2D eigenvalue weighted by atomic mass is 32.1. The van der Waals surface area contributed by atoms with E-state index in [0.29, 0.717) is 12.3 Å². The van der Waals surface area contributed by atoms with Crippen LogP contribution in [-0.2, 0) is 11.2 Å². The first-order chi connectivity index (χ1) is 8.66. The number of piperidine rings is 1. The Hall–Kier alpha value is -0.870. The van der Waals surface area contributed by atoms with Gasteiger partial charge in [0.2, 0.25) is 5.91 Å². The average molecular weight is 266 g/mol. The normalized spacial score (nSPS) is 21.9. The zero-order valence-electron chi connectivity index (χ0n) is 11.0. The van der Waals surface area contributed by atoms with Crippen molar-refractivity contribution in [3.63, 3.8) is 0 Å². The maximum absolute atomic E-state index is 12.2. The van der Waals surface area contributed by atoms with Crippen molar-refractivity contribution < 1.29 is 4.79 Å². The molecule has 1 amide bonds. The van der Waals surface area contributed by atoms with Crippen LogP contribution < -0.4 is 5.73 Å². The van der Waals surface area contributed by atoms with Gasteiger partial charge in [-0.05, 0) is 43.6 Å². The topological polar surface area (TPSA) is 46.3 Å². The van der Waals surface area contributed by atoms with Crippen molar-refractivity contribution in [2.24, 2.45) is 11.7 Å². The summed E-state index contributed by atoms with van der Waals surface area (Å²) in [6.45, 7) is 3.80.